The monoisotopic (exact) mass is 484 g/mol. The summed E-state index contributed by atoms with van der Waals surface area (Å²) in [6.45, 7) is 5.20. The summed E-state index contributed by atoms with van der Waals surface area (Å²) in [7, 11) is 0. The number of carbonyl (C=O) groups is 1. The first kappa shape index (κ1) is 26.0. The predicted octanol–water partition coefficient (Wildman–Crippen LogP) is 4.18. The number of H-pyrrole nitrogens is 1. The first-order chi connectivity index (χ1) is 16.0. The van der Waals surface area contributed by atoms with Crippen LogP contribution < -0.4 is 21.5 Å². The Morgan fingerprint density at radius 1 is 1.09 bits per heavy atom. The number of pyridine rings is 1. The molecule has 1 fully saturated rings. The number of amides is 1. The van der Waals surface area contributed by atoms with Crippen LogP contribution in [0.1, 0.15) is 71.8 Å². The van der Waals surface area contributed by atoms with E-state index in [1.54, 1.807) is 0 Å². The van der Waals surface area contributed by atoms with Crippen molar-refractivity contribution >= 4 is 24.0 Å². The molecule has 1 aromatic carbocycles. The van der Waals surface area contributed by atoms with E-state index in [0.29, 0.717) is 29.6 Å². The number of hydrogen-bond acceptors (Lipinski definition) is 4. The average Bonchev–Trinajstić information content (AvgIpc) is 2.79. The second-order valence-corrected chi connectivity index (χ2v) is 9.34. The van der Waals surface area contributed by atoms with E-state index in [-0.39, 0.29) is 30.4 Å². The molecule has 34 heavy (non-hydrogen) atoms. The molecule has 0 spiro atoms. The molecule has 0 saturated heterocycles. The lowest BCUT2D eigenvalue weighted by Gasteiger charge is -2.38. The molecular formula is C27H37ClN4O2. The SMILES string of the molecule is CCN(c1cccc2c1CC=CCCc1cc(C)[nH]c(=O)c1CNC2=O)[C@H]1CC[C@H](N)CC1.Cl. The normalized spacial score (nSPS) is 20.6. The van der Waals surface area contributed by atoms with Crippen LogP contribution in [0.25, 0.3) is 0 Å². The van der Waals surface area contributed by atoms with Gasteiger partial charge in [-0.1, -0.05) is 18.2 Å². The van der Waals surface area contributed by atoms with Gasteiger partial charge >= 0.3 is 0 Å². The number of nitrogens with two attached hydrogens (primary N) is 1. The summed E-state index contributed by atoms with van der Waals surface area (Å²) < 4.78 is 0. The minimum absolute atomic E-state index is 0. The van der Waals surface area contributed by atoms with Gasteiger partial charge in [0, 0.05) is 47.7 Å². The van der Waals surface area contributed by atoms with E-state index in [0.717, 1.165) is 67.6 Å². The largest absolute Gasteiger partial charge is 0.369 e. The van der Waals surface area contributed by atoms with Gasteiger partial charge in [0.1, 0.15) is 0 Å². The molecule has 2 heterocycles. The third-order valence-corrected chi connectivity index (χ3v) is 7.09. The van der Waals surface area contributed by atoms with Gasteiger partial charge in [-0.2, -0.15) is 0 Å². The summed E-state index contributed by atoms with van der Waals surface area (Å²) in [5, 5.41) is 3.02. The third kappa shape index (κ3) is 5.73. The number of aryl methyl sites for hydroxylation is 2. The number of nitrogens with one attached hydrogen (secondary N) is 2. The maximum atomic E-state index is 13.3. The lowest BCUT2D eigenvalue weighted by Crippen LogP contribution is -2.41. The van der Waals surface area contributed by atoms with Crippen molar-refractivity contribution in [3.05, 3.63) is 74.7 Å². The second-order valence-electron chi connectivity index (χ2n) is 9.34. The molecule has 4 N–H and O–H groups in total. The predicted molar refractivity (Wildman–Crippen MR) is 141 cm³/mol. The Balaban J connectivity index is 0.00000324. The minimum Gasteiger partial charge on any atom is -0.369 e. The average molecular weight is 485 g/mol. The van der Waals surface area contributed by atoms with E-state index in [2.05, 4.69) is 40.3 Å². The summed E-state index contributed by atoms with van der Waals surface area (Å²) >= 11 is 0. The van der Waals surface area contributed by atoms with Gasteiger partial charge in [0.2, 0.25) is 0 Å². The summed E-state index contributed by atoms with van der Waals surface area (Å²) in [5.74, 6) is -0.131. The zero-order chi connectivity index (χ0) is 23.4. The van der Waals surface area contributed by atoms with Crippen molar-refractivity contribution in [3.8, 4) is 0 Å². The number of anilines is 1. The molecule has 1 aliphatic heterocycles. The fraction of sp³-hybridized carbons (Fsp3) is 0.481. The van der Waals surface area contributed by atoms with Gasteiger partial charge in [-0.15, -0.1) is 12.4 Å². The van der Waals surface area contributed by atoms with Gasteiger partial charge in [0.25, 0.3) is 11.5 Å². The fourth-order valence-electron chi connectivity index (χ4n) is 5.33. The van der Waals surface area contributed by atoms with Crippen LogP contribution >= 0.6 is 12.4 Å². The molecule has 0 radical (unpaired) electrons. The summed E-state index contributed by atoms with van der Waals surface area (Å²) in [6, 6.07) is 8.79. The van der Waals surface area contributed by atoms with Gasteiger partial charge < -0.3 is 20.9 Å². The van der Waals surface area contributed by atoms with Crippen LogP contribution in [-0.4, -0.2) is 29.5 Å². The Morgan fingerprint density at radius 2 is 1.85 bits per heavy atom. The summed E-state index contributed by atoms with van der Waals surface area (Å²) in [6.07, 6.45) is 11.0. The van der Waals surface area contributed by atoms with Gasteiger partial charge in [-0.05, 0) is 88.1 Å². The zero-order valence-electron chi connectivity index (χ0n) is 20.2. The van der Waals surface area contributed by atoms with Gasteiger partial charge in [0.15, 0.2) is 0 Å². The molecule has 1 aromatic heterocycles. The molecular weight excluding hydrogens is 448 g/mol. The van der Waals surface area contributed by atoms with Crippen molar-refractivity contribution in [3.63, 3.8) is 0 Å². The Morgan fingerprint density at radius 3 is 2.59 bits per heavy atom. The Labute approximate surface area is 208 Å². The Bertz CT molecular complexity index is 1090. The van der Waals surface area contributed by atoms with E-state index in [1.165, 1.54) is 0 Å². The number of aromatic nitrogens is 1. The highest BCUT2D eigenvalue weighted by Gasteiger charge is 2.26. The zero-order valence-corrected chi connectivity index (χ0v) is 21.0. The van der Waals surface area contributed by atoms with E-state index >= 15 is 0 Å². The van der Waals surface area contributed by atoms with E-state index < -0.39 is 0 Å². The quantitative estimate of drug-likeness (QED) is 0.570. The van der Waals surface area contributed by atoms with Crippen molar-refractivity contribution in [1.82, 2.24) is 10.3 Å². The number of carbonyl (C=O) groups excluding carboxylic acids is 1. The first-order valence-corrected chi connectivity index (χ1v) is 12.3. The van der Waals surface area contributed by atoms with E-state index in [1.807, 2.05) is 25.1 Å². The number of aromatic amines is 1. The maximum Gasteiger partial charge on any atom is 0.253 e. The van der Waals surface area contributed by atoms with Crippen LogP contribution in [-0.2, 0) is 19.4 Å². The third-order valence-electron chi connectivity index (χ3n) is 7.09. The first-order valence-electron chi connectivity index (χ1n) is 12.3. The van der Waals surface area contributed by atoms with Crippen LogP contribution in [0.15, 0.2) is 41.2 Å². The smallest absolute Gasteiger partial charge is 0.253 e. The molecule has 0 unspecified atom stereocenters. The minimum atomic E-state index is -0.131. The van der Waals surface area contributed by atoms with Crippen LogP contribution in [0.3, 0.4) is 0 Å². The lowest BCUT2D eigenvalue weighted by molar-refractivity contribution is 0.0950. The molecule has 6 nitrogen and oxygen atoms in total. The van der Waals surface area contributed by atoms with Crippen molar-refractivity contribution in [2.75, 3.05) is 11.4 Å². The fourth-order valence-corrected chi connectivity index (χ4v) is 5.33. The van der Waals surface area contributed by atoms with Gasteiger partial charge in [0.05, 0.1) is 0 Å². The number of fused-ring (bicyclic) bond motifs is 2. The second kappa shape index (κ2) is 11.7. The molecule has 1 aliphatic carbocycles. The highest BCUT2D eigenvalue weighted by Crippen LogP contribution is 2.32. The van der Waals surface area contributed by atoms with E-state index in [4.69, 9.17) is 5.73 Å². The Kier molecular flexibility index (Phi) is 8.97. The Hall–Kier alpha value is -2.57. The maximum absolute atomic E-state index is 13.3. The molecule has 1 saturated carbocycles. The van der Waals surface area contributed by atoms with Crippen molar-refractivity contribution in [2.24, 2.45) is 5.73 Å². The number of rotatable bonds is 3. The van der Waals surface area contributed by atoms with Crippen LogP contribution in [0.4, 0.5) is 5.69 Å². The van der Waals surface area contributed by atoms with Crippen molar-refractivity contribution < 1.29 is 4.79 Å². The topological polar surface area (TPSA) is 91.2 Å². The number of nitrogens with zero attached hydrogens (tertiary/aromatic N) is 1. The molecule has 0 atom stereocenters. The highest BCUT2D eigenvalue weighted by atomic mass is 35.5. The summed E-state index contributed by atoms with van der Waals surface area (Å²) in [5.41, 5.74) is 11.4. The number of halogens is 1. The highest BCUT2D eigenvalue weighted by molar-refractivity contribution is 5.97. The molecule has 184 valence electrons. The molecule has 2 aromatic rings. The molecule has 0 bridgehead atoms. The molecule has 2 aliphatic rings. The number of hydrogen-bond donors (Lipinski definition) is 3. The van der Waals surface area contributed by atoms with E-state index in [9.17, 15) is 9.59 Å². The summed E-state index contributed by atoms with van der Waals surface area (Å²) in [4.78, 5) is 31.2. The lowest BCUT2D eigenvalue weighted by atomic mass is 9.89. The molecule has 7 heteroatoms. The molecule has 1 amide bonds. The number of benzene rings is 1. The van der Waals surface area contributed by atoms with Crippen LogP contribution in [0, 0.1) is 6.92 Å². The van der Waals surface area contributed by atoms with Crippen LogP contribution in [0.5, 0.6) is 0 Å². The number of allylic oxidation sites excluding steroid dienone is 2. The standard InChI is InChI=1S/C27H36N4O2.ClH/c1-3-31(21-14-12-20(28)13-15-21)25-11-7-10-23-22(25)9-6-4-5-8-19-16-18(2)30-27(33)24(19)17-29-26(23)32;/h4,6-7,10-11,16,20-21H,3,5,8-9,12-15,17,28H2,1-2H3,(H,29,32)(H,30,33);1H/t20-,21-;. The van der Waals surface area contributed by atoms with Crippen molar-refractivity contribution in [2.45, 2.75) is 77.4 Å². The van der Waals surface area contributed by atoms with Gasteiger partial charge in [-0.3, -0.25) is 9.59 Å². The molecule has 4 rings (SSSR count). The van der Waals surface area contributed by atoms with Crippen LogP contribution in [0.2, 0.25) is 0 Å². The van der Waals surface area contributed by atoms with Gasteiger partial charge in [-0.25, -0.2) is 0 Å². The van der Waals surface area contributed by atoms with Crippen molar-refractivity contribution in [1.29, 1.82) is 0 Å².